The number of methoxy groups -OCH3 is 1. The number of rotatable bonds is 5. The van der Waals surface area contributed by atoms with E-state index in [1.165, 1.54) is 24.1 Å². The highest BCUT2D eigenvalue weighted by Gasteiger charge is 2.24. The molecular formula is C13H19FN2O2. The van der Waals surface area contributed by atoms with Crippen LogP contribution < -0.4 is 10.5 Å². The lowest BCUT2D eigenvalue weighted by molar-refractivity contribution is 0.0703. The van der Waals surface area contributed by atoms with Crippen LogP contribution in [0.15, 0.2) is 18.2 Å². The van der Waals surface area contributed by atoms with Gasteiger partial charge >= 0.3 is 0 Å². The lowest BCUT2D eigenvalue weighted by Gasteiger charge is -2.27. The largest absolute Gasteiger partial charge is 0.496 e. The van der Waals surface area contributed by atoms with Gasteiger partial charge in [0.2, 0.25) is 0 Å². The molecule has 0 radical (unpaired) electrons. The number of hydrogen-bond acceptors (Lipinski definition) is 3. The number of benzene rings is 1. The minimum absolute atomic E-state index is 0.0397. The normalized spacial score (nSPS) is 10.6. The number of ether oxygens (including phenoxy) is 1. The van der Waals surface area contributed by atoms with Gasteiger partial charge in [0.1, 0.15) is 17.1 Å². The van der Waals surface area contributed by atoms with Crippen LogP contribution in [0.5, 0.6) is 5.75 Å². The summed E-state index contributed by atoms with van der Waals surface area (Å²) in [5.41, 5.74) is 5.43. The van der Waals surface area contributed by atoms with Crippen molar-refractivity contribution >= 4 is 5.91 Å². The molecule has 0 aliphatic heterocycles. The molecule has 4 nitrogen and oxygen atoms in total. The summed E-state index contributed by atoms with van der Waals surface area (Å²) in [4.78, 5) is 13.9. The maximum atomic E-state index is 13.8. The fourth-order valence-corrected chi connectivity index (χ4v) is 1.76. The molecule has 1 aromatic carbocycles. The minimum Gasteiger partial charge on any atom is -0.496 e. The highest BCUT2D eigenvalue weighted by Crippen LogP contribution is 2.23. The number of hydrogen-bond donors (Lipinski definition) is 1. The maximum absolute atomic E-state index is 13.8. The molecule has 0 bridgehead atoms. The molecule has 0 heterocycles. The highest BCUT2D eigenvalue weighted by molar-refractivity contribution is 5.97. The van der Waals surface area contributed by atoms with E-state index in [1.807, 2.05) is 13.8 Å². The van der Waals surface area contributed by atoms with Gasteiger partial charge in [0.15, 0.2) is 0 Å². The van der Waals surface area contributed by atoms with E-state index in [0.29, 0.717) is 13.1 Å². The molecule has 0 spiro atoms. The van der Waals surface area contributed by atoms with Crippen molar-refractivity contribution in [1.29, 1.82) is 0 Å². The molecule has 1 aromatic rings. The second-order valence-corrected chi connectivity index (χ2v) is 4.20. The molecular weight excluding hydrogens is 235 g/mol. The topological polar surface area (TPSA) is 55.6 Å². The van der Waals surface area contributed by atoms with Crippen molar-refractivity contribution in [2.75, 3.05) is 20.2 Å². The van der Waals surface area contributed by atoms with Crippen LogP contribution >= 0.6 is 0 Å². The van der Waals surface area contributed by atoms with Crippen molar-refractivity contribution in [2.24, 2.45) is 5.73 Å². The van der Waals surface area contributed by atoms with E-state index in [0.717, 1.165) is 0 Å². The number of halogens is 1. The molecule has 1 rings (SSSR count). The lowest BCUT2D eigenvalue weighted by Crippen LogP contribution is -2.40. The van der Waals surface area contributed by atoms with Crippen LogP contribution in [-0.2, 0) is 0 Å². The number of carbonyl (C=O) groups excluding carboxylic acids is 1. The molecule has 0 unspecified atom stereocenters. The van der Waals surface area contributed by atoms with E-state index in [9.17, 15) is 9.18 Å². The zero-order valence-electron chi connectivity index (χ0n) is 10.9. The monoisotopic (exact) mass is 254 g/mol. The third-order valence-corrected chi connectivity index (χ3v) is 2.66. The summed E-state index contributed by atoms with van der Waals surface area (Å²) in [6, 6.07) is 4.27. The number of carbonyl (C=O) groups is 1. The quantitative estimate of drug-likeness (QED) is 0.869. The summed E-state index contributed by atoms with van der Waals surface area (Å²) in [5, 5.41) is 0. The molecule has 100 valence electrons. The van der Waals surface area contributed by atoms with E-state index in [-0.39, 0.29) is 17.4 Å². The van der Waals surface area contributed by atoms with Crippen LogP contribution in [0.4, 0.5) is 4.39 Å². The smallest absolute Gasteiger partial charge is 0.260 e. The Morgan fingerprint density at radius 3 is 2.67 bits per heavy atom. The van der Waals surface area contributed by atoms with Crippen LogP contribution in [0.2, 0.25) is 0 Å². The molecule has 5 heteroatoms. The molecule has 2 N–H and O–H groups in total. The molecule has 1 amide bonds. The third-order valence-electron chi connectivity index (χ3n) is 2.66. The van der Waals surface area contributed by atoms with E-state index in [1.54, 1.807) is 6.07 Å². The second kappa shape index (κ2) is 6.35. The number of nitrogens with zero attached hydrogens (tertiary/aromatic N) is 1. The van der Waals surface area contributed by atoms with E-state index in [4.69, 9.17) is 10.5 Å². The van der Waals surface area contributed by atoms with Gasteiger partial charge in [-0.3, -0.25) is 4.79 Å². The van der Waals surface area contributed by atoms with Gasteiger partial charge in [0.05, 0.1) is 7.11 Å². The van der Waals surface area contributed by atoms with E-state index >= 15 is 0 Å². The molecule has 0 atom stereocenters. The number of nitrogens with two attached hydrogens (primary N) is 1. The summed E-state index contributed by atoms with van der Waals surface area (Å²) in [5.74, 6) is -0.741. The Hall–Kier alpha value is -1.62. The Kier molecular flexibility index (Phi) is 5.09. The predicted octanol–water partition coefficient (Wildman–Crippen LogP) is 1.64. The Labute approximate surface area is 107 Å². The summed E-state index contributed by atoms with van der Waals surface area (Å²) < 4.78 is 18.8. The summed E-state index contributed by atoms with van der Waals surface area (Å²) in [6.07, 6.45) is 0. The average Bonchev–Trinajstić information content (AvgIpc) is 2.34. The second-order valence-electron chi connectivity index (χ2n) is 4.20. The van der Waals surface area contributed by atoms with Crippen molar-refractivity contribution in [3.05, 3.63) is 29.6 Å². The van der Waals surface area contributed by atoms with E-state index < -0.39 is 11.7 Å². The van der Waals surface area contributed by atoms with Gasteiger partial charge in [-0.15, -0.1) is 0 Å². The first-order chi connectivity index (χ1) is 8.52. The Bertz CT molecular complexity index is 421. The standard InChI is InChI=1S/C13H19FN2O2/c1-9(2)16(8-7-15)13(17)12-10(14)5-4-6-11(12)18-3/h4-6,9H,7-8,15H2,1-3H3. The van der Waals surface area contributed by atoms with Gasteiger partial charge in [-0.2, -0.15) is 0 Å². The van der Waals surface area contributed by atoms with Gasteiger partial charge in [-0.25, -0.2) is 4.39 Å². The first kappa shape index (κ1) is 14.4. The summed E-state index contributed by atoms with van der Waals surface area (Å²) >= 11 is 0. The fraction of sp³-hybridized carbons (Fsp3) is 0.462. The molecule has 0 aromatic heterocycles. The van der Waals surface area contributed by atoms with Gasteiger partial charge in [-0.1, -0.05) is 6.07 Å². The average molecular weight is 254 g/mol. The van der Waals surface area contributed by atoms with Gasteiger partial charge in [0.25, 0.3) is 5.91 Å². The maximum Gasteiger partial charge on any atom is 0.260 e. The molecule has 18 heavy (non-hydrogen) atoms. The fourth-order valence-electron chi connectivity index (χ4n) is 1.76. The number of amides is 1. The predicted molar refractivity (Wildman–Crippen MR) is 68.2 cm³/mol. The first-order valence-corrected chi connectivity index (χ1v) is 5.86. The zero-order valence-corrected chi connectivity index (χ0v) is 10.9. The van der Waals surface area contributed by atoms with Crippen molar-refractivity contribution in [1.82, 2.24) is 4.90 Å². The van der Waals surface area contributed by atoms with Gasteiger partial charge in [0, 0.05) is 19.1 Å². The summed E-state index contributed by atoms with van der Waals surface area (Å²) in [7, 11) is 1.41. The van der Waals surface area contributed by atoms with Crippen LogP contribution in [0.1, 0.15) is 24.2 Å². The Morgan fingerprint density at radius 1 is 1.50 bits per heavy atom. The van der Waals surface area contributed by atoms with Crippen molar-refractivity contribution in [3.8, 4) is 5.75 Å². The molecule has 0 fully saturated rings. The van der Waals surface area contributed by atoms with E-state index in [2.05, 4.69) is 0 Å². The molecule has 0 saturated carbocycles. The van der Waals surface area contributed by atoms with Gasteiger partial charge in [-0.05, 0) is 26.0 Å². The summed E-state index contributed by atoms with van der Waals surface area (Å²) in [6.45, 7) is 4.44. The molecule has 0 aliphatic rings. The zero-order chi connectivity index (χ0) is 13.7. The first-order valence-electron chi connectivity index (χ1n) is 5.86. The van der Waals surface area contributed by atoms with Gasteiger partial charge < -0.3 is 15.4 Å². The Balaban J connectivity index is 3.15. The highest BCUT2D eigenvalue weighted by atomic mass is 19.1. The Morgan fingerprint density at radius 2 is 2.17 bits per heavy atom. The van der Waals surface area contributed by atoms with Crippen LogP contribution in [0.25, 0.3) is 0 Å². The van der Waals surface area contributed by atoms with Crippen LogP contribution in [-0.4, -0.2) is 37.0 Å². The van der Waals surface area contributed by atoms with Crippen LogP contribution in [0.3, 0.4) is 0 Å². The van der Waals surface area contributed by atoms with Crippen molar-refractivity contribution in [2.45, 2.75) is 19.9 Å². The third kappa shape index (κ3) is 2.98. The lowest BCUT2D eigenvalue weighted by atomic mass is 10.1. The SMILES string of the molecule is COc1cccc(F)c1C(=O)N(CCN)C(C)C. The molecule has 0 saturated heterocycles. The van der Waals surface area contributed by atoms with Crippen LogP contribution in [0, 0.1) is 5.82 Å². The minimum atomic E-state index is -0.581. The van der Waals surface area contributed by atoms with Crippen molar-refractivity contribution < 1.29 is 13.9 Å². The van der Waals surface area contributed by atoms with Crippen molar-refractivity contribution in [3.63, 3.8) is 0 Å². The molecule has 0 aliphatic carbocycles.